The van der Waals surface area contributed by atoms with Crippen LogP contribution in [-0.4, -0.2) is 0 Å². The summed E-state index contributed by atoms with van der Waals surface area (Å²) in [5, 5.41) is 0.975. The van der Waals surface area contributed by atoms with E-state index in [2.05, 4.69) is 48.0 Å². The van der Waals surface area contributed by atoms with E-state index in [9.17, 15) is 0 Å². The van der Waals surface area contributed by atoms with Gasteiger partial charge in [-0.2, -0.15) is 0 Å². The molecule has 0 atom stereocenters. The van der Waals surface area contributed by atoms with E-state index < -0.39 is 0 Å². The first-order chi connectivity index (χ1) is 5.29. The largest absolute Gasteiger partial charge is 0.0876 e. The molecule has 1 heteroatoms. The predicted octanol–water partition coefficient (Wildman–Crippen LogP) is 3.45. The van der Waals surface area contributed by atoms with Crippen molar-refractivity contribution in [3.63, 3.8) is 0 Å². The maximum absolute atomic E-state index is 3.50. The Morgan fingerprint density at radius 2 is 2.09 bits per heavy atom. The highest BCUT2D eigenvalue weighted by molar-refractivity contribution is 9.08. The minimum Gasteiger partial charge on any atom is -0.0876 e. The summed E-state index contributed by atoms with van der Waals surface area (Å²) in [6.45, 7) is 4.36. The first-order valence-corrected chi connectivity index (χ1v) is 5.05. The predicted molar refractivity (Wildman–Crippen MR) is 53.2 cm³/mol. The van der Waals surface area contributed by atoms with Gasteiger partial charge in [0.05, 0.1) is 0 Å². The average molecular weight is 213 g/mol. The topological polar surface area (TPSA) is 0 Å². The van der Waals surface area contributed by atoms with Crippen molar-refractivity contribution in [3.05, 3.63) is 34.9 Å². The van der Waals surface area contributed by atoms with Crippen LogP contribution in [0.3, 0.4) is 0 Å². The zero-order valence-electron chi connectivity index (χ0n) is 7.02. The molecule has 0 aliphatic rings. The second-order valence-corrected chi connectivity index (χ2v) is 3.26. The van der Waals surface area contributed by atoms with Gasteiger partial charge in [0, 0.05) is 5.33 Å². The standard InChI is InChI=1S/C10H13Br/c1-3-9-6-4-5-8(2)10(9)7-11/h4-6H,3,7H2,1-2H3. The summed E-state index contributed by atoms with van der Waals surface area (Å²) >= 11 is 3.50. The summed E-state index contributed by atoms with van der Waals surface area (Å²) in [5.74, 6) is 0. The second kappa shape index (κ2) is 3.91. The van der Waals surface area contributed by atoms with E-state index in [1.165, 1.54) is 16.7 Å². The molecule has 1 rings (SSSR count). The molecule has 11 heavy (non-hydrogen) atoms. The summed E-state index contributed by atoms with van der Waals surface area (Å²) in [7, 11) is 0. The molecule has 0 aliphatic heterocycles. The Bertz CT molecular complexity index is 241. The van der Waals surface area contributed by atoms with Gasteiger partial charge in [0.25, 0.3) is 0 Å². The summed E-state index contributed by atoms with van der Waals surface area (Å²) in [6.07, 6.45) is 1.13. The van der Waals surface area contributed by atoms with Crippen LogP contribution in [0.15, 0.2) is 18.2 Å². The zero-order chi connectivity index (χ0) is 8.27. The smallest absolute Gasteiger partial charge is 0.0288 e. The molecule has 0 radical (unpaired) electrons. The maximum atomic E-state index is 3.50. The van der Waals surface area contributed by atoms with Crippen LogP contribution in [0.5, 0.6) is 0 Å². The lowest BCUT2D eigenvalue weighted by molar-refractivity contribution is 1.09. The second-order valence-electron chi connectivity index (χ2n) is 2.70. The van der Waals surface area contributed by atoms with Crippen molar-refractivity contribution in [3.8, 4) is 0 Å². The minimum atomic E-state index is 0.975. The Labute approximate surface area is 76.8 Å². The van der Waals surface area contributed by atoms with Gasteiger partial charge in [-0.1, -0.05) is 41.1 Å². The molecule has 0 aromatic heterocycles. The molecule has 0 bridgehead atoms. The molecule has 1 aromatic carbocycles. The molecule has 0 saturated carbocycles. The van der Waals surface area contributed by atoms with Crippen molar-refractivity contribution >= 4 is 15.9 Å². The summed E-state index contributed by atoms with van der Waals surface area (Å²) in [6, 6.07) is 6.49. The molecule has 0 heterocycles. The average Bonchev–Trinajstić information content (AvgIpc) is 2.04. The van der Waals surface area contributed by atoms with Gasteiger partial charge in [0.15, 0.2) is 0 Å². The highest BCUT2D eigenvalue weighted by Crippen LogP contribution is 2.17. The van der Waals surface area contributed by atoms with E-state index >= 15 is 0 Å². The van der Waals surface area contributed by atoms with Crippen LogP contribution < -0.4 is 0 Å². The highest BCUT2D eigenvalue weighted by atomic mass is 79.9. The number of benzene rings is 1. The monoisotopic (exact) mass is 212 g/mol. The van der Waals surface area contributed by atoms with Crippen molar-refractivity contribution in [1.82, 2.24) is 0 Å². The third kappa shape index (κ3) is 1.84. The first-order valence-electron chi connectivity index (χ1n) is 3.93. The van der Waals surface area contributed by atoms with Gasteiger partial charge in [-0.05, 0) is 30.0 Å². The normalized spacial score (nSPS) is 10.1. The minimum absolute atomic E-state index is 0.975. The lowest BCUT2D eigenvalue weighted by Crippen LogP contribution is -1.91. The maximum Gasteiger partial charge on any atom is 0.0288 e. The van der Waals surface area contributed by atoms with Crippen molar-refractivity contribution in [2.24, 2.45) is 0 Å². The Morgan fingerprint density at radius 3 is 2.55 bits per heavy atom. The number of hydrogen-bond donors (Lipinski definition) is 0. The summed E-state index contributed by atoms with van der Waals surface area (Å²) < 4.78 is 0. The van der Waals surface area contributed by atoms with E-state index in [0.29, 0.717) is 0 Å². The molecule has 1 aromatic rings. The van der Waals surface area contributed by atoms with Crippen LogP contribution in [0.1, 0.15) is 23.6 Å². The summed E-state index contributed by atoms with van der Waals surface area (Å²) in [5.41, 5.74) is 4.30. The van der Waals surface area contributed by atoms with Crippen molar-refractivity contribution in [1.29, 1.82) is 0 Å². The van der Waals surface area contributed by atoms with Crippen LogP contribution in [0.2, 0.25) is 0 Å². The van der Waals surface area contributed by atoms with Crippen LogP contribution in [-0.2, 0) is 11.8 Å². The van der Waals surface area contributed by atoms with E-state index in [4.69, 9.17) is 0 Å². The third-order valence-corrected chi connectivity index (χ3v) is 2.58. The fraction of sp³-hybridized carbons (Fsp3) is 0.400. The van der Waals surface area contributed by atoms with E-state index in [1.807, 2.05) is 0 Å². The molecule has 0 nitrogen and oxygen atoms in total. The van der Waals surface area contributed by atoms with Gasteiger partial charge in [-0.15, -0.1) is 0 Å². The van der Waals surface area contributed by atoms with Crippen molar-refractivity contribution in [2.75, 3.05) is 0 Å². The zero-order valence-corrected chi connectivity index (χ0v) is 8.61. The Balaban J connectivity index is 3.13. The molecular weight excluding hydrogens is 200 g/mol. The molecule has 60 valence electrons. The highest BCUT2D eigenvalue weighted by Gasteiger charge is 2.00. The van der Waals surface area contributed by atoms with Gasteiger partial charge in [-0.3, -0.25) is 0 Å². The number of hydrogen-bond acceptors (Lipinski definition) is 0. The summed E-state index contributed by atoms with van der Waals surface area (Å²) in [4.78, 5) is 0. The SMILES string of the molecule is CCc1cccc(C)c1CBr. The molecule has 0 aliphatic carbocycles. The molecule has 0 saturated heterocycles. The van der Waals surface area contributed by atoms with E-state index in [-0.39, 0.29) is 0 Å². The molecule has 0 fully saturated rings. The van der Waals surface area contributed by atoms with Gasteiger partial charge in [0.1, 0.15) is 0 Å². The molecule has 0 amide bonds. The number of halogens is 1. The first kappa shape index (κ1) is 8.79. The van der Waals surface area contributed by atoms with Crippen LogP contribution in [0.4, 0.5) is 0 Å². The molecule has 0 unspecified atom stereocenters. The number of alkyl halides is 1. The quantitative estimate of drug-likeness (QED) is 0.660. The Hall–Kier alpha value is -0.300. The molecular formula is C10H13Br. The fourth-order valence-electron chi connectivity index (χ4n) is 1.29. The van der Waals surface area contributed by atoms with Crippen molar-refractivity contribution in [2.45, 2.75) is 25.6 Å². The third-order valence-electron chi connectivity index (χ3n) is 2.02. The fourth-order valence-corrected chi connectivity index (χ4v) is 2.09. The van der Waals surface area contributed by atoms with Crippen molar-refractivity contribution < 1.29 is 0 Å². The van der Waals surface area contributed by atoms with Gasteiger partial charge in [0.2, 0.25) is 0 Å². The molecule has 0 spiro atoms. The van der Waals surface area contributed by atoms with Crippen LogP contribution in [0, 0.1) is 6.92 Å². The van der Waals surface area contributed by atoms with Gasteiger partial charge in [-0.25, -0.2) is 0 Å². The Kier molecular flexibility index (Phi) is 3.13. The lowest BCUT2D eigenvalue weighted by Gasteiger charge is -2.07. The molecule has 0 N–H and O–H groups in total. The van der Waals surface area contributed by atoms with Gasteiger partial charge >= 0.3 is 0 Å². The van der Waals surface area contributed by atoms with E-state index in [0.717, 1.165) is 11.8 Å². The number of rotatable bonds is 2. The number of aryl methyl sites for hydroxylation is 2. The van der Waals surface area contributed by atoms with Crippen LogP contribution >= 0.6 is 15.9 Å². The van der Waals surface area contributed by atoms with E-state index in [1.54, 1.807) is 0 Å². The van der Waals surface area contributed by atoms with Crippen LogP contribution in [0.25, 0.3) is 0 Å². The lowest BCUT2D eigenvalue weighted by atomic mass is 10.0. The van der Waals surface area contributed by atoms with Gasteiger partial charge < -0.3 is 0 Å². The Morgan fingerprint density at radius 1 is 1.36 bits per heavy atom.